The van der Waals surface area contributed by atoms with Crippen molar-refractivity contribution in [1.29, 1.82) is 0 Å². The van der Waals surface area contributed by atoms with E-state index in [4.69, 9.17) is 0 Å². The fraction of sp³-hybridized carbons (Fsp3) is 0.167. The molecule has 0 radical (unpaired) electrons. The molecule has 0 aliphatic rings. The molecule has 5 nitrogen and oxygen atoms in total. The summed E-state index contributed by atoms with van der Waals surface area (Å²) >= 11 is 0. The molecular weight excluding hydrogens is 292 g/mol. The molecule has 23 heavy (non-hydrogen) atoms. The van der Waals surface area contributed by atoms with Crippen molar-refractivity contribution in [2.24, 2.45) is 0 Å². The molecule has 2 aromatic carbocycles. The second kappa shape index (κ2) is 7.89. The van der Waals surface area contributed by atoms with Crippen LogP contribution in [0.25, 0.3) is 0 Å². The molecule has 0 fully saturated rings. The zero-order valence-corrected chi connectivity index (χ0v) is 12.8. The van der Waals surface area contributed by atoms with Crippen LogP contribution < -0.4 is 10.6 Å². The first-order valence-electron chi connectivity index (χ1n) is 7.30. The van der Waals surface area contributed by atoms with Gasteiger partial charge in [-0.3, -0.25) is 14.4 Å². The van der Waals surface area contributed by atoms with Crippen molar-refractivity contribution >= 4 is 23.3 Å². The number of hydrogen-bond donors (Lipinski definition) is 2. The second-order valence-corrected chi connectivity index (χ2v) is 5.00. The monoisotopic (exact) mass is 310 g/mol. The molecule has 0 bridgehead atoms. The van der Waals surface area contributed by atoms with Gasteiger partial charge in [-0.15, -0.1) is 0 Å². The zero-order chi connectivity index (χ0) is 16.7. The first kappa shape index (κ1) is 16.4. The molecule has 2 rings (SSSR count). The highest BCUT2D eigenvalue weighted by Gasteiger charge is 2.10. The number of anilines is 1. The molecular formula is C18H18N2O3. The third-order valence-electron chi connectivity index (χ3n) is 3.31. The maximum Gasteiger partial charge on any atom is 0.251 e. The van der Waals surface area contributed by atoms with E-state index < -0.39 is 0 Å². The Hall–Kier alpha value is -2.95. The van der Waals surface area contributed by atoms with Crippen LogP contribution >= 0.6 is 0 Å². The lowest BCUT2D eigenvalue weighted by Gasteiger charge is -2.07. The molecule has 2 N–H and O–H groups in total. The molecule has 0 heterocycles. The van der Waals surface area contributed by atoms with Crippen LogP contribution in [0.15, 0.2) is 54.6 Å². The Balaban J connectivity index is 1.90. The fourth-order valence-electron chi connectivity index (χ4n) is 2.10. The van der Waals surface area contributed by atoms with Crippen molar-refractivity contribution in [3.05, 3.63) is 65.7 Å². The van der Waals surface area contributed by atoms with Crippen molar-refractivity contribution in [3.8, 4) is 0 Å². The molecule has 118 valence electrons. The number of hydrogen-bond acceptors (Lipinski definition) is 3. The van der Waals surface area contributed by atoms with Crippen LogP contribution in [0, 0.1) is 0 Å². The summed E-state index contributed by atoms with van der Waals surface area (Å²) in [6.07, 6.45) is 0.239. The average molecular weight is 310 g/mol. The van der Waals surface area contributed by atoms with Gasteiger partial charge in [0.2, 0.25) is 5.91 Å². The Bertz CT molecular complexity index is 711. The van der Waals surface area contributed by atoms with Crippen LogP contribution in [-0.2, 0) is 4.79 Å². The molecule has 0 atom stereocenters. The van der Waals surface area contributed by atoms with Gasteiger partial charge < -0.3 is 10.6 Å². The Kier molecular flexibility index (Phi) is 5.63. The van der Waals surface area contributed by atoms with Gasteiger partial charge in [0.1, 0.15) is 0 Å². The maximum atomic E-state index is 12.0. The average Bonchev–Trinajstić information content (AvgIpc) is 2.60. The highest BCUT2D eigenvalue weighted by atomic mass is 16.2. The minimum absolute atomic E-state index is 0.0696. The molecule has 0 aliphatic carbocycles. The SMILES string of the molecule is CNC(=O)c1cccc(NC(=O)CCC(=O)c2ccccc2)c1. The van der Waals surface area contributed by atoms with Crippen molar-refractivity contribution in [3.63, 3.8) is 0 Å². The smallest absolute Gasteiger partial charge is 0.251 e. The van der Waals surface area contributed by atoms with Gasteiger partial charge in [0.25, 0.3) is 5.91 Å². The van der Waals surface area contributed by atoms with E-state index in [1.807, 2.05) is 6.07 Å². The van der Waals surface area contributed by atoms with E-state index in [2.05, 4.69) is 10.6 Å². The Morgan fingerprint density at radius 2 is 1.57 bits per heavy atom. The van der Waals surface area contributed by atoms with Crippen LogP contribution in [0.2, 0.25) is 0 Å². The molecule has 0 spiro atoms. The van der Waals surface area contributed by atoms with Crippen molar-refractivity contribution in [1.82, 2.24) is 5.32 Å². The lowest BCUT2D eigenvalue weighted by Crippen LogP contribution is -2.18. The molecule has 0 saturated heterocycles. The number of rotatable bonds is 6. The van der Waals surface area contributed by atoms with E-state index in [-0.39, 0.29) is 30.4 Å². The summed E-state index contributed by atoms with van der Waals surface area (Å²) in [5.41, 5.74) is 1.59. The molecule has 0 aromatic heterocycles. The highest BCUT2D eigenvalue weighted by Crippen LogP contribution is 2.12. The van der Waals surface area contributed by atoms with Crippen LogP contribution in [0.1, 0.15) is 33.6 Å². The molecule has 2 amide bonds. The van der Waals surface area contributed by atoms with Crippen LogP contribution in [0.3, 0.4) is 0 Å². The first-order chi connectivity index (χ1) is 11.1. The number of benzene rings is 2. The number of nitrogens with one attached hydrogen (secondary N) is 2. The Morgan fingerprint density at radius 3 is 2.26 bits per heavy atom. The van der Waals surface area contributed by atoms with Gasteiger partial charge in [-0.05, 0) is 18.2 Å². The van der Waals surface area contributed by atoms with E-state index in [1.165, 1.54) is 0 Å². The number of Topliss-reactive ketones (excluding diaryl/α,β-unsaturated/α-hetero) is 1. The van der Waals surface area contributed by atoms with Crippen LogP contribution in [-0.4, -0.2) is 24.6 Å². The normalized spacial score (nSPS) is 9.96. The lowest BCUT2D eigenvalue weighted by atomic mass is 10.1. The Morgan fingerprint density at radius 1 is 0.870 bits per heavy atom. The summed E-state index contributed by atoms with van der Waals surface area (Å²) in [7, 11) is 1.54. The van der Waals surface area contributed by atoms with E-state index >= 15 is 0 Å². The van der Waals surface area contributed by atoms with Crippen LogP contribution in [0.4, 0.5) is 5.69 Å². The fourth-order valence-corrected chi connectivity index (χ4v) is 2.10. The number of ketones is 1. The number of amides is 2. The summed E-state index contributed by atoms with van der Waals surface area (Å²) in [6, 6.07) is 15.5. The highest BCUT2D eigenvalue weighted by molar-refractivity contribution is 6.00. The number of carbonyl (C=O) groups is 3. The molecule has 0 saturated carbocycles. The summed E-state index contributed by atoms with van der Waals surface area (Å²) in [4.78, 5) is 35.4. The van der Waals surface area contributed by atoms with E-state index in [1.54, 1.807) is 55.6 Å². The van der Waals surface area contributed by atoms with Gasteiger partial charge in [0.05, 0.1) is 0 Å². The predicted molar refractivity (Wildman–Crippen MR) is 88.5 cm³/mol. The summed E-state index contributed by atoms with van der Waals surface area (Å²) in [6.45, 7) is 0. The minimum Gasteiger partial charge on any atom is -0.355 e. The molecule has 0 aliphatic heterocycles. The maximum absolute atomic E-state index is 12.0. The summed E-state index contributed by atoms with van der Waals surface area (Å²) in [5.74, 6) is -0.552. The van der Waals surface area contributed by atoms with Gasteiger partial charge >= 0.3 is 0 Å². The lowest BCUT2D eigenvalue weighted by molar-refractivity contribution is -0.116. The van der Waals surface area contributed by atoms with Crippen molar-refractivity contribution in [2.45, 2.75) is 12.8 Å². The van der Waals surface area contributed by atoms with Crippen LogP contribution in [0.5, 0.6) is 0 Å². The minimum atomic E-state index is -0.261. The summed E-state index contributed by atoms with van der Waals surface area (Å²) < 4.78 is 0. The van der Waals surface area contributed by atoms with Gasteiger partial charge in [0, 0.05) is 36.7 Å². The second-order valence-electron chi connectivity index (χ2n) is 5.00. The van der Waals surface area contributed by atoms with E-state index in [9.17, 15) is 14.4 Å². The number of carbonyl (C=O) groups excluding carboxylic acids is 3. The largest absolute Gasteiger partial charge is 0.355 e. The molecule has 0 unspecified atom stereocenters. The zero-order valence-electron chi connectivity index (χ0n) is 12.8. The Labute approximate surface area is 134 Å². The quantitative estimate of drug-likeness (QED) is 0.805. The first-order valence-corrected chi connectivity index (χ1v) is 7.30. The van der Waals surface area contributed by atoms with E-state index in [0.29, 0.717) is 16.8 Å². The third kappa shape index (κ3) is 4.78. The topological polar surface area (TPSA) is 75.3 Å². The van der Waals surface area contributed by atoms with Crippen molar-refractivity contribution in [2.75, 3.05) is 12.4 Å². The van der Waals surface area contributed by atoms with Gasteiger partial charge in [0.15, 0.2) is 5.78 Å². The predicted octanol–water partition coefficient (Wildman–Crippen LogP) is 2.65. The van der Waals surface area contributed by atoms with Crippen molar-refractivity contribution < 1.29 is 14.4 Å². The van der Waals surface area contributed by atoms with E-state index in [0.717, 1.165) is 0 Å². The van der Waals surface area contributed by atoms with Gasteiger partial charge in [-0.2, -0.15) is 0 Å². The molecule has 5 heteroatoms. The van der Waals surface area contributed by atoms with Gasteiger partial charge in [-0.25, -0.2) is 0 Å². The summed E-state index contributed by atoms with van der Waals surface area (Å²) in [5, 5.41) is 5.22. The third-order valence-corrected chi connectivity index (χ3v) is 3.31. The molecule has 2 aromatic rings. The van der Waals surface area contributed by atoms with Gasteiger partial charge in [-0.1, -0.05) is 36.4 Å². The standard InChI is InChI=1S/C18H18N2O3/c1-19-18(23)14-8-5-9-15(12-14)20-17(22)11-10-16(21)13-6-3-2-4-7-13/h2-9,12H,10-11H2,1H3,(H,19,23)(H,20,22).